The average molecular weight is 1180 g/mol. The van der Waals surface area contributed by atoms with Crippen LogP contribution < -0.4 is 52.2 Å². The number of nitrogens with one attached hydrogen (secondary N) is 6. The van der Waals surface area contributed by atoms with E-state index >= 15 is 0 Å². The molecule has 458 valence electrons. The van der Waals surface area contributed by atoms with Crippen LogP contribution in [0.4, 0.5) is 58.7 Å². The van der Waals surface area contributed by atoms with E-state index in [0.717, 1.165) is 79.6 Å². The molecular formula is C61H76F6N6O11. The number of amides is 4. The summed E-state index contributed by atoms with van der Waals surface area (Å²) in [6.07, 6.45) is -4.53. The van der Waals surface area contributed by atoms with Crippen molar-refractivity contribution < 1.29 is 69.1 Å². The van der Waals surface area contributed by atoms with Gasteiger partial charge in [0.1, 0.15) is 35.1 Å². The van der Waals surface area contributed by atoms with E-state index in [1.165, 1.54) is 38.5 Å². The quantitative estimate of drug-likeness (QED) is 0.0150. The normalized spacial score (nSPS) is 21.8. The lowest BCUT2D eigenvalue weighted by molar-refractivity contribution is -0.274. The summed E-state index contributed by atoms with van der Waals surface area (Å²) >= 11 is 0. The molecule has 5 aromatic rings. The van der Waals surface area contributed by atoms with Crippen molar-refractivity contribution >= 4 is 34.8 Å². The van der Waals surface area contributed by atoms with Crippen LogP contribution in [0.5, 0.6) is 11.5 Å². The second-order valence-electron chi connectivity index (χ2n) is 21.3. The number of hydrogen-bond acceptors (Lipinski definition) is 13. The van der Waals surface area contributed by atoms with Gasteiger partial charge < -0.3 is 65.1 Å². The molecule has 2 saturated heterocycles. The van der Waals surface area contributed by atoms with Gasteiger partial charge in [-0.2, -0.15) is 26.3 Å². The Balaban J connectivity index is 1.23. The van der Waals surface area contributed by atoms with E-state index < -0.39 is 101 Å². The second kappa shape index (κ2) is 30.8. The fraction of sp³-hybridized carbons (Fsp3) is 0.508. The molecule has 17 nitrogen and oxygen atoms in total. The standard InChI is InChI=1S/C61H76F6N6O11/c1-6-7-8-9-10-11-12-13-14-29-68-52-53(55(75)54(52)74)72-51-49(36-81-33-40-23-27-46(79-5)28-24-40)82-34-47(71-58(76)69-43-19-15-17-41(30-43)60(62,63)64)56(51)84-57-50(73-59(77)70-44-20-16-18-42(31-44)61(65,66)67)38(3)37(2)48(83-57)35-80-32-39-21-25-45(78-4)26-22-39/h15-28,30-31,37-38,47-51,56-57,68,72H,6-14,29,32-36H2,1-5H3,(H2,69,71,76)(H2,70,73,77)/t37-,38+,47?,48?,49?,50?,51+,56-,57+/m1/s1. The molecule has 0 aliphatic carbocycles. The molecule has 5 aromatic carbocycles. The molecule has 2 aliphatic rings. The Kier molecular flexibility index (Phi) is 23.7. The van der Waals surface area contributed by atoms with Crippen LogP contribution in [0, 0.1) is 11.8 Å². The molecule has 4 unspecified atom stereocenters. The molecule has 4 amide bonds. The summed E-state index contributed by atoms with van der Waals surface area (Å²) in [6, 6.07) is 17.0. The molecule has 0 radical (unpaired) electrons. The van der Waals surface area contributed by atoms with Crippen LogP contribution in [-0.4, -0.2) is 95.4 Å². The van der Waals surface area contributed by atoms with Crippen LogP contribution in [0.15, 0.2) is 107 Å². The third kappa shape index (κ3) is 18.3. The Labute approximate surface area is 484 Å². The molecule has 23 heteroatoms. The minimum atomic E-state index is -4.73. The molecule has 7 rings (SSSR count). The van der Waals surface area contributed by atoms with Gasteiger partial charge in [-0.05, 0) is 90.0 Å². The van der Waals surface area contributed by atoms with Gasteiger partial charge in [-0.1, -0.05) is 109 Å². The molecule has 0 bridgehead atoms. The lowest BCUT2D eigenvalue weighted by Gasteiger charge is -2.49. The van der Waals surface area contributed by atoms with Crippen molar-refractivity contribution in [1.82, 2.24) is 10.6 Å². The highest BCUT2D eigenvalue weighted by molar-refractivity contribution is 5.90. The maximum absolute atomic E-state index is 14.1. The Morgan fingerprint density at radius 2 is 1.11 bits per heavy atom. The number of urea groups is 2. The minimum Gasteiger partial charge on any atom is -0.497 e. The lowest BCUT2D eigenvalue weighted by atomic mass is 9.82. The third-order valence-corrected chi connectivity index (χ3v) is 15.2. The molecule has 0 spiro atoms. The number of carbonyl (C=O) groups excluding carboxylic acids is 2. The molecule has 2 heterocycles. The van der Waals surface area contributed by atoms with E-state index in [1.54, 1.807) is 43.5 Å². The van der Waals surface area contributed by atoms with Gasteiger partial charge in [0, 0.05) is 17.9 Å². The van der Waals surface area contributed by atoms with Crippen LogP contribution in [0.2, 0.25) is 0 Å². The van der Waals surface area contributed by atoms with Crippen LogP contribution in [0.25, 0.3) is 0 Å². The maximum atomic E-state index is 14.1. The van der Waals surface area contributed by atoms with Gasteiger partial charge in [0.15, 0.2) is 6.29 Å². The van der Waals surface area contributed by atoms with E-state index in [2.05, 4.69) is 38.8 Å². The Morgan fingerprint density at radius 1 is 0.607 bits per heavy atom. The van der Waals surface area contributed by atoms with E-state index in [9.17, 15) is 45.5 Å². The summed E-state index contributed by atoms with van der Waals surface area (Å²) in [5.74, 6) is 0.329. The Morgan fingerprint density at radius 3 is 1.63 bits per heavy atom. The number of benzene rings is 4. The predicted molar refractivity (Wildman–Crippen MR) is 306 cm³/mol. The zero-order chi connectivity index (χ0) is 60.4. The van der Waals surface area contributed by atoms with Crippen molar-refractivity contribution in [1.29, 1.82) is 0 Å². The Hall–Kier alpha value is -6.92. The van der Waals surface area contributed by atoms with Gasteiger partial charge in [-0.3, -0.25) is 9.59 Å². The monoisotopic (exact) mass is 1180 g/mol. The molecule has 84 heavy (non-hydrogen) atoms. The highest BCUT2D eigenvalue weighted by atomic mass is 19.4. The number of unbranched alkanes of at least 4 members (excludes halogenated alkanes) is 8. The molecule has 6 N–H and O–H groups in total. The summed E-state index contributed by atoms with van der Waals surface area (Å²) in [7, 11) is 3.09. The molecule has 9 atom stereocenters. The van der Waals surface area contributed by atoms with E-state index in [1.807, 2.05) is 26.0 Å². The molecule has 2 fully saturated rings. The van der Waals surface area contributed by atoms with Crippen molar-refractivity contribution in [3.8, 4) is 11.5 Å². The van der Waals surface area contributed by atoms with Crippen LogP contribution in [-0.2, 0) is 49.3 Å². The summed E-state index contributed by atoms with van der Waals surface area (Å²) in [4.78, 5) is 55.2. The van der Waals surface area contributed by atoms with E-state index in [0.29, 0.717) is 24.5 Å². The van der Waals surface area contributed by atoms with Gasteiger partial charge in [0.2, 0.25) is 0 Å². The van der Waals surface area contributed by atoms with Crippen molar-refractivity contribution in [2.45, 2.75) is 147 Å². The summed E-state index contributed by atoms with van der Waals surface area (Å²) in [5.41, 5.74) is -2.50. The highest BCUT2D eigenvalue weighted by Crippen LogP contribution is 2.37. The van der Waals surface area contributed by atoms with Crippen molar-refractivity contribution in [2.75, 3.05) is 61.9 Å². The number of alkyl halides is 6. The van der Waals surface area contributed by atoms with E-state index in [4.69, 9.17) is 33.2 Å². The van der Waals surface area contributed by atoms with Gasteiger partial charge in [0.05, 0.1) is 82.6 Å². The first-order valence-electron chi connectivity index (χ1n) is 28.4. The fourth-order valence-electron chi connectivity index (χ4n) is 10.2. The fourth-order valence-corrected chi connectivity index (χ4v) is 10.2. The number of methoxy groups -OCH3 is 2. The zero-order valence-electron chi connectivity index (χ0n) is 47.8. The van der Waals surface area contributed by atoms with Gasteiger partial charge in [0.25, 0.3) is 10.9 Å². The van der Waals surface area contributed by atoms with Gasteiger partial charge in [-0.25, -0.2) is 9.59 Å². The van der Waals surface area contributed by atoms with Crippen LogP contribution in [0.1, 0.15) is 101 Å². The number of anilines is 4. The number of carbonyl (C=O) groups is 2. The van der Waals surface area contributed by atoms with Crippen LogP contribution >= 0.6 is 0 Å². The largest absolute Gasteiger partial charge is 0.497 e. The van der Waals surface area contributed by atoms with Crippen LogP contribution in [0.3, 0.4) is 0 Å². The number of hydrogen-bond donors (Lipinski definition) is 6. The molecule has 0 saturated carbocycles. The first kappa shape index (κ1) is 64.6. The first-order chi connectivity index (χ1) is 40.3. The average Bonchev–Trinajstić information content (AvgIpc) is 1.67. The topological polar surface area (TPSA) is 205 Å². The summed E-state index contributed by atoms with van der Waals surface area (Å²) in [6.45, 7) is 5.95. The first-order valence-corrected chi connectivity index (χ1v) is 28.4. The maximum Gasteiger partial charge on any atom is 0.416 e. The number of halogens is 6. The number of rotatable bonds is 29. The molecular weight excluding hydrogens is 1110 g/mol. The third-order valence-electron chi connectivity index (χ3n) is 15.2. The Bertz CT molecular complexity index is 2940. The second-order valence-corrected chi connectivity index (χ2v) is 21.3. The van der Waals surface area contributed by atoms with Gasteiger partial charge in [-0.15, -0.1) is 0 Å². The van der Waals surface area contributed by atoms with Crippen molar-refractivity contribution in [3.63, 3.8) is 0 Å². The SMILES string of the molecule is CCCCCCCCCCCNc1c(N[C@H]2C(COCc3ccc(OC)cc3)OCC(NC(=O)Nc3cccc(C(F)(F)F)c3)[C@H]2O[C@@H]2OC(COCc3ccc(OC)cc3)[C@H](C)[C@H](C)C2NC(=O)Nc2cccc(C(F)(F)F)c2)c(=O)c1=O. The summed E-state index contributed by atoms with van der Waals surface area (Å²) < 4.78 is 126. The van der Waals surface area contributed by atoms with Crippen molar-refractivity contribution in [3.05, 3.63) is 140 Å². The van der Waals surface area contributed by atoms with Crippen molar-refractivity contribution in [2.24, 2.45) is 11.8 Å². The molecule has 2 aliphatic heterocycles. The summed E-state index contributed by atoms with van der Waals surface area (Å²) in [5, 5.41) is 17.0. The zero-order valence-corrected chi connectivity index (χ0v) is 47.8. The van der Waals surface area contributed by atoms with E-state index in [-0.39, 0.29) is 55.8 Å². The molecule has 0 aromatic heterocycles. The lowest BCUT2D eigenvalue weighted by Crippen LogP contribution is -2.67. The predicted octanol–water partition coefficient (Wildman–Crippen LogP) is 11.7. The highest BCUT2D eigenvalue weighted by Gasteiger charge is 2.50. The van der Waals surface area contributed by atoms with Gasteiger partial charge >= 0.3 is 24.4 Å². The number of ether oxygens (including phenoxy) is 7. The smallest absolute Gasteiger partial charge is 0.416 e. The minimum absolute atomic E-state index is 0.00358.